The third kappa shape index (κ3) is 3.59. The van der Waals surface area contributed by atoms with Crippen LogP contribution in [0.15, 0.2) is 29.2 Å². The van der Waals surface area contributed by atoms with Crippen molar-refractivity contribution in [1.29, 1.82) is 5.26 Å². The van der Waals surface area contributed by atoms with Crippen LogP contribution >= 0.6 is 0 Å². The van der Waals surface area contributed by atoms with Gasteiger partial charge < -0.3 is 0 Å². The molecule has 2 atom stereocenters. The molecule has 108 valence electrons. The monoisotopic (exact) mass is 292 g/mol. The van der Waals surface area contributed by atoms with Crippen LogP contribution in [0.3, 0.4) is 0 Å². The van der Waals surface area contributed by atoms with Gasteiger partial charge in [-0.25, -0.2) is 13.1 Å². The highest BCUT2D eigenvalue weighted by Crippen LogP contribution is 2.29. The molecule has 0 heterocycles. The fourth-order valence-corrected chi connectivity index (χ4v) is 3.80. The van der Waals surface area contributed by atoms with Crippen LogP contribution in [0, 0.1) is 23.2 Å². The molecule has 2 rings (SSSR count). The molecule has 0 amide bonds. The standard InChI is InChI=1S/C15H20N2O2S/c1-12-4-2-3-5-14(12)11-17-20(18,19)15-8-6-13(10-16)7-9-15/h6-9,12,14,17H,2-5,11H2,1H3. The topological polar surface area (TPSA) is 70.0 Å². The highest BCUT2D eigenvalue weighted by Gasteiger charge is 2.23. The molecule has 2 unspecified atom stereocenters. The molecular weight excluding hydrogens is 272 g/mol. The van der Waals surface area contributed by atoms with Gasteiger partial charge in [0.1, 0.15) is 0 Å². The third-order valence-electron chi connectivity index (χ3n) is 4.12. The lowest BCUT2D eigenvalue weighted by Crippen LogP contribution is -2.33. The molecule has 0 aromatic heterocycles. The van der Waals surface area contributed by atoms with E-state index in [4.69, 9.17) is 5.26 Å². The van der Waals surface area contributed by atoms with Crippen LogP contribution in [-0.4, -0.2) is 15.0 Å². The molecule has 1 aliphatic rings. The summed E-state index contributed by atoms with van der Waals surface area (Å²) in [6.45, 7) is 2.70. The first kappa shape index (κ1) is 15.0. The number of nitrogens with one attached hydrogen (secondary N) is 1. The molecule has 1 fully saturated rings. The summed E-state index contributed by atoms with van der Waals surface area (Å²) in [6.07, 6.45) is 4.72. The van der Waals surface area contributed by atoms with E-state index in [1.807, 2.05) is 6.07 Å². The molecule has 5 heteroatoms. The molecule has 1 N–H and O–H groups in total. The van der Waals surface area contributed by atoms with Gasteiger partial charge in [0.15, 0.2) is 0 Å². The molecule has 1 aliphatic carbocycles. The van der Waals surface area contributed by atoms with E-state index in [1.54, 1.807) is 0 Å². The minimum atomic E-state index is -3.47. The molecule has 0 spiro atoms. The Labute approximate surface area is 120 Å². The number of sulfonamides is 1. The number of hydrogen-bond acceptors (Lipinski definition) is 3. The predicted octanol–water partition coefficient (Wildman–Crippen LogP) is 2.66. The van der Waals surface area contributed by atoms with Crippen LogP contribution in [0.5, 0.6) is 0 Å². The van der Waals surface area contributed by atoms with Gasteiger partial charge in [0.05, 0.1) is 16.5 Å². The fraction of sp³-hybridized carbons (Fsp3) is 0.533. The zero-order valence-corrected chi connectivity index (χ0v) is 12.5. The smallest absolute Gasteiger partial charge is 0.211 e. The maximum Gasteiger partial charge on any atom is 0.240 e. The minimum absolute atomic E-state index is 0.222. The van der Waals surface area contributed by atoms with E-state index < -0.39 is 10.0 Å². The zero-order chi connectivity index (χ0) is 14.6. The lowest BCUT2D eigenvalue weighted by Gasteiger charge is -2.28. The van der Waals surface area contributed by atoms with Crippen LogP contribution in [0.1, 0.15) is 38.2 Å². The highest BCUT2D eigenvalue weighted by atomic mass is 32.2. The van der Waals surface area contributed by atoms with Gasteiger partial charge in [-0.2, -0.15) is 5.26 Å². The lowest BCUT2D eigenvalue weighted by molar-refractivity contribution is 0.257. The Morgan fingerprint density at radius 1 is 1.25 bits per heavy atom. The summed E-state index contributed by atoms with van der Waals surface area (Å²) in [7, 11) is -3.47. The summed E-state index contributed by atoms with van der Waals surface area (Å²) < 4.78 is 27.1. The fourth-order valence-electron chi connectivity index (χ4n) is 2.71. The first-order valence-electron chi connectivity index (χ1n) is 7.03. The Morgan fingerprint density at radius 2 is 1.90 bits per heavy atom. The van der Waals surface area contributed by atoms with Crippen molar-refractivity contribution in [2.45, 2.75) is 37.5 Å². The molecule has 1 aromatic rings. The van der Waals surface area contributed by atoms with Crippen molar-refractivity contribution in [3.8, 4) is 6.07 Å². The molecule has 1 aromatic carbocycles. The molecule has 20 heavy (non-hydrogen) atoms. The summed E-state index contributed by atoms with van der Waals surface area (Å²) >= 11 is 0. The van der Waals surface area contributed by atoms with E-state index in [-0.39, 0.29) is 4.90 Å². The van der Waals surface area contributed by atoms with Crippen LogP contribution < -0.4 is 4.72 Å². The minimum Gasteiger partial charge on any atom is -0.211 e. The summed E-state index contributed by atoms with van der Waals surface area (Å²) in [5, 5.41) is 8.72. The van der Waals surface area contributed by atoms with Gasteiger partial charge in [-0.3, -0.25) is 0 Å². The summed E-state index contributed by atoms with van der Waals surface area (Å²) in [6, 6.07) is 7.99. The van der Waals surface area contributed by atoms with Crippen LogP contribution in [-0.2, 0) is 10.0 Å². The van der Waals surface area contributed by atoms with Crippen LogP contribution in [0.25, 0.3) is 0 Å². The van der Waals surface area contributed by atoms with E-state index in [2.05, 4.69) is 11.6 Å². The van der Waals surface area contributed by atoms with Crippen molar-refractivity contribution in [3.05, 3.63) is 29.8 Å². The summed E-state index contributed by atoms with van der Waals surface area (Å²) in [5.74, 6) is 1.00. The Kier molecular flexibility index (Phi) is 4.79. The van der Waals surface area contributed by atoms with Gasteiger partial charge in [0.2, 0.25) is 10.0 Å². The third-order valence-corrected chi connectivity index (χ3v) is 5.56. The molecule has 1 saturated carbocycles. The summed E-state index contributed by atoms with van der Waals surface area (Å²) in [5.41, 5.74) is 0.463. The quantitative estimate of drug-likeness (QED) is 0.927. The first-order valence-corrected chi connectivity index (χ1v) is 8.51. The van der Waals surface area contributed by atoms with Gasteiger partial charge in [0, 0.05) is 6.54 Å². The normalized spacial score (nSPS) is 23.2. The lowest BCUT2D eigenvalue weighted by atomic mass is 9.81. The largest absolute Gasteiger partial charge is 0.240 e. The summed E-state index contributed by atoms with van der Waals surface area (Å²) in [4.78, 5) is 0.222. The highest BCUT2D eigenvalue weighted by molar-refractivity contribution is 7.89. The molecule has 4 nitrogen and oxygen atoms in total. The number of rotatable bonds is 4. The van der Waals surface area contributed by atoms with E-state index in [9.17, 15) is 8.42 Å². The number of nitriles is 1. The average molecular weight is 292 g/mol. The Hall–Kier alpha value is -1.38. The maximum atomic E-state index is 12.2. The van der Waals surface area contributed by atoms with E-state index in [0.717, 1.165) is 6.42 Å². The molecule has 0 bridgehead atoms. The Balaban J connectivity index is 2.01. The van der Waals surface area contributed by atoms with Crippen molar-refractivity contribution >= 4 is 10.0 Å². The molecule has 0 saturated heterocycles. The van der Waals surface area contributed by atoms with Gasteiger partial charge in [-0.15, -0.1) is 0 Å². The van der Waals surface area contributed by atoms with Crippen LogP contribution in [0.2, 0.25) is 0 Å². The van der Waals surface area contributed by atoms with Crippen molar-refractivity contribution in [2.75, 3.05) is 6.54 Å². The van der Waals surface area contributed by atoms with Crippen molar-refractivity contribution < 1.29 is 8.42 Å². The molecule has 0 radical (unpaired) electrons. The van der Waals surface area contributed by atoms with Gasteiger partial charge >= 0.3 is 0 Å². The van der Waals surface area contributed by atoms with Crippen molar-refractivity contribution in [3.63, 3.8) is 0 Å². The SMILES string of the molecule is CC1CCCCC1CNS(=O)(=O)c1ccc(C#N)cc1. The Bertz CT molecular complexity index is 587. The number of hydrogen-bond donors (Lipinski definition) is 1. The van der Waals surface area contributed by atoms with Crippen molar-refractivity contribution in [2.24, 2.45) is 11.8 Å². The maximum absolute atomic E-state index is 12.2. The molecular formula is C15H20N2O2S. The second-order valence-electron chi connectivity index (χ2n) is 5.51. The van der Waals surface area contributed by atoms with Gasteiger partial charge in [-0.05, 0) is 42.5 Å². The number of benzene rings is 1. The zero-order valence-electron chi connectivity index (χ0n) is 11.7. The van der Waals surface area contributed by atoms with E-state index in [1.165, 1.54) is 43.5 Å². The van der Waals surface area contributed by atoms with E-state index >= 15 is 0 Å². The first-order chi connectivity index (χ1) is 9.53. The van der Waals surface area contributed by atoms with Crippen LogP contribution in [0.4, 0.5) is 0 Å². The van der Waals surface area contributed by atoms with Gasteiger partial charge in [-0.1, -0.05) is 26.2 Å². The second kappa shape index (κ2) is 6.38. The Morgan fingerprint density at radius 3 is 2.50 bits per heavy atom. The number of nitrogens with zero attached hydrogens (tertiary/aromatic N) is 1. The van der Waals surface area contributed by atoms with Crippen molar-refractivity contribution in [1.82, 2.24) is 4.72 Å². The van der Waals surface area contributed by atoms with Gasteiger partial charge in [0.25, 0.3) is 0 Å². The second-order valence-corrected chi connectivity index (χ2v) is 7.28. The van der Waals surface area contributed by atoms with E-state index in [0.29, 0.717) is 23.9 Å². The molecule has 0 aliphatic heterocycles. The average Bonchev–Trinajstić information content (AvgIpc) is 2.46. The predicted molar refractivity (Wildman–Crippen MR) is 77.5 cm³/mol.